The van der Waals surface area contributed by atoms with Crippen LogP contribution in [0.3, 0.4) is 0 Å². The average Bonchev–Trinajstić information content (AvgIpc) is 3.17. The molecule has 2 amide bonds. The first-order valence-electron chi connectivity index (χ1n) is 11.3. The second-order valence-electron chi connectivity index (χ2n) is 9.19. The van der Waals surface area contributed by atoms with Crippen LogP contribution in [0.4, 0.5) is 10.1 Å². The van der Waals surface area contributed by atoms with Crippen molar-refractivity contribution in [2.75, 3.05) is 46.3 Å². The van der Waals surface area contributed by atoms with E-state index < -0.39 is 0 Å². The number of likely N-dealkylation sites (tertiary alicyclic amines) is 1. The summed E-state index contributed by atoms with van der Waals surface area (Å²) >= 11 is 0. The maximum Gasteiger partial charge on any atom is 0.312 e. The van der Waals surface area contributed by atoms with Crippen molar-refractivity contribution in [1.82, 2.24) is 20.0 Å². The molecule has 2 unspecified atom stereocenters. The minimum atomic E-state index is -0.289. The van der Waals surface area contributed by atoms with Gasteiger partial charge in [0, 0.05) is 63.8 Å². The monoisotopic (exact) mass is 442 g/mol. The lowest BCUT2D eigenvalue weighted by Gasteiger charge is -2.44. The Bertz CT molecular complexity index is 967. The topological polar surface area (TPSA) is 58.9 Å². The van der Waals surface area contributed by atoms with Gasteiger partial charge in [0.1, 0.15) is 5.82 Å². The van der Waals surface area contributed by atoms with E-state index in [0.29, 0.717) is 17.3 Å². The molecule has 0 radical (unpaired) electrons. The standard InChI is InChI=1S/C24H32FN5O2/c1-5-30-22(13-20-21(25)7-6-16(2)23(20)30)24(32)26-18-12-19(15-27(4)14-18)29-10-8-28(9-11-29)17(3)31/h5-7,18-19H,1,8-15H2,2-4H3/p+1. The van der Waals surface area contributed by atoms with E-state index in [9.17, 15) is 14.0 Å². The number of carbonyl (C=O) groups is 2. The first-order chi connectivity index (χ1) is 15.3. The Hall–Kier alpha value is -2.58. The molecule has 4 rings (SSSR count). The van der Waals surface area contributed by atoms with Gasteiger partial charge in [-0.25, -0.2) is 4.39 Å². The molecule has 8 heteroatoms. The molecule has 7 nitrogen and oxygen atoms in total. The number of fused-ring (bicyclic) bond motifs is 1. The summed E-state index contributed by atoms with van der Waals surface area (Å²) in [5.41, 5.74) is 2.72. The third-order valence-electron chi connectivity index (χ3n) is 6.97. The molecule has 2 saturated heterocycles. The number of rotatable bonds is 4. The van der Waals surface area contributed by atoms with Crippen LogP contribution < -0.4 is 5.32 Å². The summed E-state index contributed by atoms with van der Waals surface area (Å²) in [6.45, 7) is 12.3. The molecule has 1 N–H and O–H groups in total. The van der Waals surface area contributed by atoms with Gasteiger partial charge in [0.25, 0.3) is 5.71 Å². The summed E-state index contributed by atoms with van der Waals surface area (Å²) in [6, 6.07) is 3.53. The van der Waals surface area contributed by atoms with Gasteiger partial charge in [-0.05, 0) is 39.1 Å². The third kappa shape index (κ3) is 4.34. The number of nitrogens with zero attached hydrogens (tertiary/aromatic N) is 4. The number of likely N-dealkylation sites (N-methyl/N-ethyl adjacent to an activating group) is 1. The summed E-state index contributed by atoms with van der Waals surface area (Å²) in [6.07, 6.45) is 2.72. The molecular formula is C24H33FN5O2+. The van der Waals surface area contributed by atoms with Crippen LogP contribution in [0.5, 0.6) is 0 Å². The number of hydrogen-bond acceptors (Lipinski definition) is 4. The van der Waals surface area contributed by atoms with Crippen LogP contribution in [-0.2, 0) is 16.0 Å². The van der Waals surface area contributed by atoms with Crippen LogP contribution in [0.1, 0.15) is 24.5 Å². The second kappa shape index (κ2) is 9.11. The Morgan fingerprint density at radius 1 is 1.22 bits per heavy atom. The van der Waals surface area contributed by atoms with E-state index in [1.54, 1.807) is 23.8 Å². The lowest BCUT2D eigenvalue weighted by molar-refractivity contribution is -0.356. The van der Waals surface area contributed by atoms with Crippen LogP contribution in [-0.4, -0.2) is 95.2 Å². The van der Waals surface area contributed by atoms with Crippen LogP contribution in [0.2, 0.25) is 0 Å². The molecule has 1 aromatic rings. The highest BCUT2D eigenvalue weighted by molar-refractivity contribution is 6.38. The molecule has 0 aliphatic carbocycles. The van der Waals surface area contributed by atoms with Crippen LogP contribution in [0.25, 0.3) is 0 Å². The summed E-state index contributed by atoms with van der Waals surface area (Å²) in [4.78, 5) is 31.4. The Kier molecular flexibility index (Phi) is 6.44. The molecule has 2 fully saturated rings. The molecule has 0 bridgehead atoms. The van der Waals surface area contributed by atoms with Gasteiger partial charge in [0.2, 0.25) is 11.6 Å². The number of amides is 2. The quantitative estimate of drug-likeness (QED) is 0.714. The Balaban J connectivity index is 1.45. The largest absolute Gasteiger partial charge is 0.343 e. The van der Waals surface area contributed by atoms with E-state index in [1.807, 2.05) is 11.8 Å². The van der Waals surface area contributed by atoms with Gasteiger partial charge >= 0.3 is 5.91 Å². The van der Waals surface area contributed by atoms with Crippen molar-refractivity contribution < 1.29 is 18.6 Å². The van der Waals surface area contributed by atoms with Crippen molar-refractivity contribution in [3.8, 4) is 0 Å². The molecule has 172 valence electrons. The molecule has 3 aliphatic rings. The highest BCUT2D eigenvalue weighted by atomic mass is 19.1. The maximum absolute atomic E-state index is 14.4. The number of halogens is 1. The van der Waals surface area contributed by atoms with E-state index in [4.69, 9.17) is 0 Å². The fourth-order valence-corrected chi connectivity index (χ4v) is 5.34. The first-order valence-corrected chi connectivity index (χ1v) is 11.3. The van der Waals surface area contributed by atoms with E-state index >= 15 is 0 Å². The molecule has 2 atom stereocenters. The smallest absolute Gasteiger partial charge is 0.312 e. The van der Waals surface area contributed by atoms with Crippen molar-refractivity contribution >= 4 is 23.2 Å². The van der Waals surface area contributed by atoms with Crippen molar-refractivity contribution in [1.29, 1.82) is 0 Å². The van der Waals surface area contributed by atoms with Crippen molar-refractivity contribution in [2.45, 2.75) is 38.8 Å². The minimum Gasteiger partial charge on any atom is -0.343 e. The molecule has 0 saturated carbocycles. The van der Waals surface area contributed by atoms with E-state index in [2.05, 4.69) is 28.7 Å². The number of benzene rings is 1. The van der Waals surface area contributed by atoms with Crippen molar-refractivity contribution in [3.05, 3.63) is 41.9 Å². The minimum absolute atomic E-state index is 0.00547. The molecule has 32 heavy (non-hydrogen) atoms. The highest BCUT2D eigenvalue weighted by Crippen LogP contribution is 2.32. The van der Waals surface area contributed by atoms with Crippen LogP contribution in [0.15, 0.2) is 24.9 Å². The van der Waals surface area contributed by atoms with Crippen LogP contribution >= 0.6 is 0 Å². The van der Waals surface area contributed by atoms with Crippen LogP contribution in [0, 0.1) is 12.7 Å². The van der Waals surface area contributed by atoms with Gasteiger partial charge in [0.05, 0.1) is 12.0 Å². The third-order valence-corrected chi connectivity index (χ3v) is 6.97. The zero-order valence-corrected chi connectivity index (χ0v) is 19.2. The fraction of sp³-hybridized carbons (Fsp3) is 0.542. The fourth-order valence-electron chi connectivity index (χ4n) is 5.34. The van der Waals surface area contributed by atoms with E-state index in [1.165, 1.54) is 6.07 Å². The normalized spacial score (nSPS) is 24.4. The zero-order chi connectivity index (χ0) is 23.0. The number of carbonyl (C=O) groups excluding carboxylic acids is 2. The number of piperidine rings is 1. The van der Waals surface area contributed by atoms with Gasteiger partial charge in [-0.2, -0.15) is 4.58 Å². The highest BCUT2D eigenvalue weighted by Gasteiger charge is 2.39. The Labute approximate surface area is 189 Å². The summed E-state index contributed by atoms with van der Waals surface area (Å²) in [5.74, 6) is -0.327. The lowest BCUT2D eigenvalue weighted by Crippen LogP contribution is -2.60. The van der Waals surface area contributed by atoms with Crippen molar-refractivity contribution in [3.63, 3.8) is 0 Å². The maximum atomic E-state index is 14.4. The first kappa shape index (κ1) is 22.6. The van der Waals surface area contributed by atoms with E-state index in [-0.39, 0.29) is 30.1 Å². The predicted octanol–water partition coefficient (Wildman–Crippen LogP) is 1.27. The number of aryl methyl sites for hydroxylation is 1. The Morgan fingerprint density at radius 3 is 2.59 bits per heavy atom. The molecule has 3 heterocycles. The molecule has 0 spiro atoms. The second-order valence-corrected chi connectivity index (χ2v) is 9.19. The van der Waals surface area contributed by atoms with Gasteiger partial charge in [-0.3, -0.25) is 14.5 Å². The van der Waals surface area contributed by atoms with Gasteiger partial charge in [-0.1, -0.05) is 0 Å². The summed E-state index contributed by atoms with van der Waals surface area (Å²) in [5, 5.41) is 3.20. The molecular weight excluding hydrogens is 409 g/mol. The lowest BCUT2D eigenvalue weighted by atomic mass is 9.98. The van der Waals surface area contributed by atoms with E-state index in [0.717, 1.165) is 56.9 Å². The average molecular weight is 443 g/mol. The Morgan fingerprint density at radius 2 is 1.94 bits per heavy atom. The molecule has 3 aliphatic heterocycles. The van der Waals surface area contributed by atoms with Gasteiger partial charge in [0.15, 0.2) is 6.20 Å². The van der Waals surface area contributed by atoms with Gasteiger partial charge < -0.3 is 15.1 Å². The molecule has 1 aromatic carbocycles. The summed E-state index contributed by atoms with van der Waals surface area (Å²) < 4.78 is 16.1. The van der Waals surface area contributed by atoms with Crippen molar-refractivity contribution in [2.24, 2.45) is 0 Å². The predicted molar refractivity (Wildman–Crippen MR) is 122 cm³/mol. The summed E-state index contributed by atoms with van der Waals surface area (Å²) in [7, 11) is 2.07. The zero-order valence-electron chi connectivity index (χ0n) is 19.2. The number of nitrogens with one attached hydrogen (secondary N) is 1. The SMILES string of the molecule is C=C[N+]1=C(C(=O)NC2CC(N3CCN(C(C)=O)CC3)CN(C)C2)Cc2c(F)ccc(C)c21. The molecule has 0 aromatic heterocycles. The number of hydrogen-bond donors (Lipinski definition) is 1. The van der Waals surface area contributed by atoms with Gasteiger partial charge in [-0.15, -0.1) is 0 Å². The number of piperazine rings is 1.